The Morgan fingerprint density at radius 2 is 2.19 bits per heavy atom. The Hall–Kier alpha value is -1.32. The van der Waals surface area contributed by atoms with E-state index < -0.39 is 0 Å². The predicted octanol–water partition coefficient (Wildman–Crippen LogP) is 2.14. The molecule has 4 nitrogen and oxygen atoms in total. The van der Waals surface area contributed by atoms with Crippen molar-refractivity contribution in [3.05, 3.63) is 11.8 Å². The van der Waals surface area contributed by atoms with Gasteiger partial charge in [-0.3, -0.25) is 0 Å². The van der Waals surface area contributed by atoms with Gasteiger partial charge in [0.05, 0.1) is 0 Å². The number of aryl methyl sites for hydroxylation is 1. The number of nitrogens with zero attached hydrogens (tertiary/aromatic N) is 3. The summed E-state index contributed by atoms with van der Waals surface area (Å²) in [6.45, 7) is 5.40. The van der Waals surface area contributed by atoms with Gasteiger partial charge in [0.15, 0.2) is 0 Å². The molecule has 0 aliphatic carbocycles. The van der Waals surface area contributed by atoms with Gasteiger partial charge in [-0.05, 0) is 26.7 Å². The molecule has 1 saturated heterocycles. The largest absolute Gasteiger partial charge is 0.368 e. The SMILES string of the molecule is Cc1cnc(N)nc1N1CCCCCC1C. The molecule has 0 saturated carbocycles. The molecule has 2 rings (SSSR count). The molecule has 2 N–H and O–H groups in total. The van der Waals surface area contributed by atoms with E-state index in [0.717, 1.165) is 17.9 Å². The third-order valence-electron chi connectivity index (χ3n) is 3.29. The maximum atomic E-state index is 5.67. The van der Waals surface area contributed by atoms with Crippen LogP contribution in [-0.4, -0.2) is 22.6 Å². The van der Waals surface area contributed by atoms with Crippen molar-refractivity contribution in [3.63, 3.8) is 0 Å². The van der Waals surface area contributed by atoms with Gasteiger partial charge in [0, 0.05) is 24.3 Å². The summed E-state index contributed by atoms with van der Waals surface area (Å²) < 4.78 is 0. The molecule has 0 spiro atoms. The Kier molecular flexibility index (Phi) is 3.27. The molecule has 1 atom stereocenters. The highest BCUT2D eigenvalue weighted by atomic mass is 15.2. The molecule has 2 heterocycles. The van der Waals surface area contributed by atoms with Crippen molar-refractivity contribution in [1.29, 1.82) is 0 Å². The number of hydrogen-bond donors (Lipinski definition) is 1. The predicted molar refractivity (Wildman–Crippen MR) is 66.5 cm³/mol. The summed E-state index contributed by atoms with van der Waals surface area (Å²) in [4.78, 5) is 10.8. The summed E-state index contributed by atoms with van der Waals surface area (Å²) in [7, 11) is 0. The van der Waals surface area contributed by atoms with Gasteiger partial charge < -0.3 is 10.6 Å². The molecule has 0 radical (unpaired) electrons. The molecule has 1 aliphatic heterocycles. The maximum absolute atomic E-state index is 5.67. The Morgan fingerprint density at radius 1 is 1.38 bits per heavy atom. The van der Waals surface area contributed by atoms with Crippen LogP contribution in [0.1, 0.15) is 38.2 Å². The first-order valence-electron chi connectivity index (χ1n) is 6.04. The van der Waals surface area contributed by atoms with E-state index in [4.69, 9.17) is 5.73 Å². The monoisotopic (exact) mass is 220 g/mol. The zero-order valence-corrected chi connectivity index (χ0v) is 10.1. The van der Waals surface area contributed by atoms with Crippen LogP contribution in [-0.2, 0) is 0 Å². The van der Waals surface area contributed by atoms with Gasteiger partial charge in [-0.25, -0.2) is 4.98 Å². The molecule has 16 heavy (non-hydrogen) atoms. The minimum atomic E-state index is 0.372. The molecule has 1 unspecified atom stereocenters. The molecule has 0 aromatic carbocycles. The lowest BCUT2D eigenvalue weighted by Gasteiger charge is -2.29. The van der Waals surface area contributed by atoms with Crippen molar-refractivity contribution in [3.8, 4) is 0 Å². The van der Waals surface area contributed by atoms with E-state index in [9.17, 15) is 0 Å². The third kappa shape index (κ3) is 2.26. The normalized spacial score (nSPS) is 21.9. The van der Waals surface area contributed by atoms with Gasteiger partial charge in [-0.15, -0.1) is 0 Å². The number of anilines is 2. The second kappa shape index (κ2) is 4.68. The Labute approximate surface area is 96.9 Å². The molecular formula is C12H20N4. The number of rotatable bonds is 1. The van der Waals surface area contributed by atoms with E-state index in [0.29, 0.717) is 12.0 Å². The van der Waals surface area contributed by atoms with Crippen LogP contribution in [0.15, 0.2) is 6.20 Å². The fourth-order valence-corrected chi connectivity index (χ4v) is 2.33. The fourth-order valence-electron chi connectivity index (χ4n) is 2.33. The van der Waals surface area contributed by atoms with Crippen LogP contribution in [0.2, 0.25) is 0 Å². The zero-order chi connectivity index (χ0) is 11.5. The van der Waals surface area contributed by atoms with Crippen LogP contribution in [0.5, 0.6) is 0 Å². The van der Waals surface area contributed by atoms with E-state index in [1.54, 1.807) is 0 Å². The summed E-state index contributed by atoms with van der Waals surface area (Å²) in [6, 6.07) is 0.551. The smallest absolute Gasteiger partial charge is 0.221 e. The van der Waals surface area contributed by atoms with Crippen molar-refractivity contribution >= 4 is 11.8 Å². The van der Waals surface area contributed by atoms with Crippen molar-refractivity contribution in [2.45, 2.75) is 45.6 Å². The molecule has 1 aromatic rings. The highest BCUT2D eigenvalue weighted by Gasteiger charge is 2.20. The molecule has 0 bridgehead atoms. The van der Waals surface area contributed by atoms with E-state index in [2.05, 4.69) is 21.8 Å². The first kappa shape index (κ1) is 11.2. The van der Waals surface area contributed by atoms with Crippen molar-refractivity contribution in [2.75, 3.05) is 17.2 Å². The summed E-state index contributed by atoms with van der Waals surface area (Å²) in [5.41, 5.74) is 6.78. The van der Waals surface area contributed by atoms with Gasteiger partial charge in [0.2, 0.25) is 5.95 Å². The third-order valence-corrected chi connectivity index (χ3v) is 3.29. The maximum Gasteiger partial charge on any atom is 0.221 e. The van der Waals surface area contributed by atoms with Gasteiger partial charge in [0.1, 0.15) is 5.82 Å². The first-order chi connectivity index (χ1) is 7.68. The van der Waals surface area contributed by atoms with Crippen molar-refractivity contribution < 1.29 is 0 Å². The molecule has 1 aromatic heterocycles. The Bertz CT molecular complexity index is 364. The minimum absolute atomic E-state index is 0.372. The van der Waals surface area contributed by atoms with Gasteiger partial charge in [-0.2, -0.15) is 4.98 Å². The van der Waals surface area contributed by atoms with E-state index >= 15 is 0 Å². The average molecular weight is 220 g/mol. The minimum Gasteiger partial charge on any atom is -0.368 e. The lowest BCUT2D eigenvalue weighted by molar-refractivity contribution is 0.610. The zero-order valence-electron chi connectivity index (χ0n) is 10.1. The van der Waals surface area contributed by atoms with Crippen LogP contribution in [0.3, 0.4) is 0 Å². The molecule has 88 valence electrons. The topological polar surface area (TPSA) is 55.0 Å². The molecular weight excluding hydrogens is 200 g/mol. The second-order valence-corrected chi connectivity index (χ2v) is 4.63. The number of nitrogens with two attached hydrogens (primary N) is 1. The highest BCUT2D eigenvalue weighted by Crippen LogP contribution is 2.25. The number of hydrogen-bond acceptors (Lipinski definition) is 4. The van der Waals surface area contributed by atoms with Crippen LogP contribution in [0.4, 0.5) is 11.8 Å². The summed E-state index contributed by atoms with van der Waals surface area (Å²) in [5.74, 6) is 1.39. The quantitative estimate of drug-likeness (QED) is 0.787. The molecule has 1 fully saturated rings. The lowest BCUT2D eigenvalue weighted by Crippen LogP contribution is -2.34. The van der Waals surface area contributed by atoms with Gasteiger partial charge in [-0.1, -0.05) is 12.8 Å². The van der Waals surface area contributed by atoms with E-state index in [1.165, 1.54) is 25.7 Å². The van der Waals surface area contributed by atoms with Crippen LogP contribution >= 0.6 is 0 Å². The number of nitrogen functional groups attached to an aromatic ring is 1. The molecule has 1 aliphatic rings. The number of aromatic nitrogens is 2. The lowest BCUT2D eigenvalue weighted by atomic mass is 10.1. The summed E-state index contributed by atoms with van der Waals surface area (Å²) in [5, 5.41) is 0. The van der Waals surface area contributed by atoms with E-state index in [1.807, 2.05) is 13.1 Å². The molecule has 4 heteroatoms. The Morgan fingerprint density at radius 3 is 3.00 bits per heavy atom. The summed E-state index contributed by atoms with van der Waals surface area (Å²) >= 11 is 0. The fraction of sp³-hybridized carbons (Fsp3) is 0.667. The standard InChI is InChI=1S/C12H20N4/c1-9-8-14-12(13)15-11(9)16-7-5-3-4-6-10(16)2/h8,10H,3-7H2,1-2H3,(H2,13,14,15). The average Bonchev–Trinajstić information content (AvgIpc) is 2.47. The van der Waals surface area contributed by atoms with Gasteiger partial charge >= 0.3 is 0 Å². The van der Waals surface area contributed by atoms with Crippen molar-refractivity contribution in [1.82, 2.24) is 9.97 Å². The second-order valence-electron chi connectivity index (χ2n) is 4.63. The van der Waals surface area contributed by atoms with Crippen LogP contribution < -0.4 is 10.6 Å². The van der Waals surface area contributed by atoms with Crippen LogP contribution in [0.25, 0.3) is 0 Å². The van der Waals surface area contributed by atoms with E-state index in [-0.39, 0.29) is 0 Å². The highest BCUT2D eigenvalue weighted by molar-refractivity contribution is 5.48. The van der Waals surface area contributed by atoms with Crippen molar-refractivity contribution in [2.24, 2.45) is 0 Å². The van der Waals surface area contributed by atoms with Gasteiger partial charge in [0.25, 0.3) is 0 Å². The summed E-state index contributed by atoms with van der Waals surface area (Å²) in [6.07, 6.45) is 6.93. The van der Waals surface area contributed by atoms with Crippen LogP contribution in [0, 0.1) is 6.92 Å². The first-order valence-corrected chi connectivity index (χ1v) is 6.04. The Balaban J connectivity index is 2.29. The molecule has 0 amide bonds.